The first-order chi connectivity index (χ1) is 11.8. The highest BCUT2D eigenvalue weighted by Crippen LogP contribution is 2.39. The van der Waals surface area contributed by atoms with Crippen LogP contribution in [0.2, 0.25) is 0 Å². The molecule has 2 aromatic rings. The van der Waals surface area contributed by atoms with Crippen LogP contribution >= 0.6 is 0 Å². The van der Waals surface area contributed by atoms with Gasteiger partial charge in [-0.3, -0.25) is 4.79 Å². The van der Waals surface area contributed by atoms with Gasteiger partial charge in [0, 0.05) is 12.5 Å². The summed E-state index contributed by atoms with van der Waals surface area (Å²) < 4.78 is 26.9. The first-order valence-electron chi connectivity index (χ1n) is 8.53. The van der Waals surface area contributed by atoms with Gasteiger partial charge in [-0.25, -0.2) is 8.78 Å². The van der Waals surface area contributed by atoms with Crippen LogP contribution in [0.4, 0.5) is 8.78 Å². The van der Waals surface area contributed by atoms with Gasteiger partial charge >= 0.3 is 0 Å². The third-order valence-electron chi connectivity index (χ3n) is 4.95. The molecule has 4 heteroatoms. The van der Waals surface area contributed by atoms with Crippen LogP contribution in [0, 0.1) is 11.6 Å². The molecule has 0 aliphatic heterocycles. The predicted molar refractivity (Wildman–Crippen MR) is 96.6 cm³/mol. The molecule has 0 N–H and O–H groups in total. The Hall–Kier alpha value is -2.07. The Morgan fingerprint density at radius 1 is 0.960 bits per heavy atom. The lowest BCUT2D eigenvalue weighted by Crippen LogP contribution is -2.43. The van der Waals surface area contributed by atoms with Gasteiger partial charge in [-0.1, -0.05) is 31.2 Å². The minimum Gasteiger partial charge on any atom is -0.307 e. The molecule has 0 saturated heterocycles. The van der Waals surface area contributed by atoms with E-state index in [1.165, 1.54) is 24.3 Å². The van der Waals surface area contributed by atoms with Crippen LogP contribution < -0.4 is 0 Å². The molecule has 0 unspecified atom stereocenters. The number of carbonyl (C=O) groups excluding carboxylic acids is 1. The van der Waals surface area contributed by atoms with E-state index in [-0.39, 0.29) is 23.5 Å². The average Bonchev–Trinajstić information content (AvgIpc) is 2.60. The summed E-state index contributed by atoms with van der Waals surface area (Å²) in [5, 5.41) is 0. The third-order valence-corrected chi connectivity index (χ3v) is 4.95. The van der Waals surface area contributed by atoms with Gasteiger partial charge in [0.15, 0.2) is 0 Å². The van der Waals surface area contributed by atoms with Crippen LogP contribution in [-0.2, 0) is 10.2 Å². The van der Waals surface area contributed by atoms with Gasteiger partial charge < -0.3 is 4.90 Å². The summed E-state index contributed by atoms with van der Waals surface area (Å²) in [6.45, 7) is 3.87. The topological polar surface area (TPSA) is 20.3 Å². The quantitative estimate of drug-likeness (QED) is 0.733. The Balaban J connectivity index is 2.70. The van der Waals surface area contributed by atoms with E-state index in [4.69, 9.17) is 0 Å². The van der Waals surface area contributed by atoms with Gasteiger partial charge in [-0.2, -0.15) is 0 Å². The second-order valence-corrected chi connectivity index (χ2v) is 6.71. The largest absolute Gasteiger partial charge is 0.307 e. The van der Waals surface area contributed by atoms with Crippen molar-refractivity contribution >= 4 is 5.78 Å². The number of nitrogens with zero attached hydrogens (tertiary/aromatic N) is 1. The van der Waals surface area contributed by atoms with E-state index < -0.39 is 5.41 Å². The molecular formula is C21H25F2NO. The Morgan fingerprint density at radius 2 is 1.36 bits per heavy atom. The van der Waals surface area contributed by atoms with Crippen molar-refractivity contribution in [2.45, 2.75) is 38.1 Å². The fourth-order valence-electron chi connectivity index (χ4n) is 3.23. The van der Waals surface area contributed by atoms with Crippen molar-refractivity contribution in [1.82, 2.24) is 4.90 Å². The molecule has 0 saturated carbocycles. The normalized spacial score (nSPS) is 13.1. The molecule has 0 aliphatic rings. The predicted octanol–water partition coefficient (Wildman–Crippen LogP) is 4.57. The van der Waals surface area contributed by atoms with E-state index in [0.717, 1.165) is 11.1 Å². The number of ketones is 1. The molecule has 0 fully saturated rings. The monoisotopic (exact) mass is 345 g/mol. The second-order valence-electron chi connectivity index (χ2n) is 6.71. The zero-order valence-electron chi connectivity index (χ0n) is 15.2. The lowest BCUT2D eigenvalue weighted by Gasteiger charge is -2.37. The number of carbonyl (C=O) groups is 1. The van der Waals surface area contributed by atoms with Crippen LogP contribution in [0.5, 0.6) is 0 Å². The number of rotatable bonds is 7. The first-order valence-corrected chi connectivity index (χ1v) is 8.53. The van der Waals surface area contributed by atoms with Gasteiger partial charge in [0.25, 0.3) is 0 Å². The van der Waals surface area contributed by atoms with E-state index in [1.807, 2.05) is 32.8 Å². The summed E-state index contributed by atoms with van der Waals surface area (Å²) in [7, 11) is 3.92. The molecule has 1 atom stereocenters. The number of hydrogen-bond donors (Lipinski definition) is 0. The van der Waals surface area contributed by atoms with Gasteiger partial charge in [0.1, 0.15) is 17.4 Å². The lowest BCUT2D eigenvalue weighted by atomic mass is 9.67. The second kappa shape index (κ2) is 7.87. The number of halogens is 2. The van der Waals surface area contributed by atoms with Crippen LogP contribution in [-0.4, -0.2) is 30.8 Å². The van der Waals surface area contributed by atoms with Crippen molar-refractivity contribution in [2.24, 2.45) is 0 Å². The molecule has 0 radical (unpaired) electrons. The van der Waals surface area contributed by atoms with Crippen molar-refractivity contribution in [2.75, 3.05) is 14.1 Å². The van der Waals surface area contributed by atoms with E-state index in [9.17, 15) is 13.6 Å². The van der Waals surface area contributed by atoms with Crippen molar-refractivity contribution < 1.29 is 13.6 Å². The Labute approximate surface area is 148 Å². The molecule has 2 nitrogen and oxygen atoms in total. The third kappa shape index (κ3) is 3.96. The highest BCUT2D eigenvalue weighted by molar-refractivity contribution is 5.93. The Morgan fingerprint density at radius 3 is 1.68 bits per heavy atom. The molecule has 2 rings (SSSR count). The molecule has 134 valence electrons. The Bertz CT molecular complexity index is 662. The summed E-state index contributed by atoms with van der Waals surface area (Å²) in [6.07, 6.45) is 0.874. The fraction of sp³-hybridized carbons (Fsp3) is 0.381. The summed E-state index contributed by atoms with van der Waals surface area (Å²) in [4.78, 5) is 15.2. The maximum absolute atomic E-state index is 13.5. The zero-order valence-corrected chi connectivity index (χ0v) is 15.2. The van der Waals surface area contributed by atoms with Crippen molar-refractivity contribution in [3.63, 3.8) is 0 Å². The number of benzene rings is 2. The summed E-state index contributed by atoms with van der Waals surface area (Å²) >= 11 is 0. The van der Waals surface area contributed by atoms with E-state index in [1.54, 1.807) is 24.3 Å². The van der Waals surface area contributed by atoms with Crippen LogP contribution in [0.25, 0.3) is 0 Å². The minimum atomic E-state index is -0.931. The first kappa shape index (κ1) is 19.3. The van der Waals surface area contributed by atoms with Crippen LogP contribution in [0.1, 0.15) is 37.8 Å². The van der Waals surface area contributed by atoms with Crippen LogP contribution in [0.15, 0.2) is 48.5 Å². The molecule has 0 amide bonds. The summed E-state index contributed by atoms with van der Waals surface area (Å²) in [5.74, 6) is -0.651. The Kier molecular flexibility index (Phi) is 6.07. The number of Topliss-reactive ketones (excluding diaryl/α,β-unsaturated/α-hetero) is 1. The lowest BCUT2D eigenvalue weighted by molar-refractivity contribution is -0.123. The van der Waals surface area contributed by atoms with Gasteiger partial charge in [0.05, 0.1) is 5.41 Å². The molecule has 0 aromatic heterocycles. The molecule has 0 aliphatic carbocycles. The summed E-state index contributed by atoms with van der Waals surface area (Å²) in [5.41, 5.74) is 0.543. The van der Waals surface area contributed by atoms with Crippen molar-refractivity contribution in [3.8, 4) is 0 Å². The minimum absolute atomic E-state index is 0.0411. The zero-order chi connectivity index (χ0) is 18.6. The maximum atomic E-state index is 13.5. The van der Waals surface area contributed by atoms with E-state index in [2.05, 4.69) is 0 Å². The van der Waals surface area contributed by atoms with Gasteiger partial charge in [0.2, 0.25) is 0 Å². The highest BCUT2D eigenvalue weighted by Gasteiger charge is 2.42. The number of hydrogen-bond acceptors (Lipinski definition) is 2. The summed E-state index contributed by atoms with van der Waals surface area (Å²) in [6, 6.07) is 12.2. The SMILES string of the molecule is CCC(=O)C(C[C@H](C)N(C)C)(c1ccc(F)cc1)c1ccc(F)cc1. The molecule has 25 heavy (non-hydrogen) atoms. The molecule has 0 heterocycles. The molecule has 0 bridgehead atoms. The standard InChI is InChI=1S/C21H25F2NO/c1-5-20(25)21(14-15(2)24(3)4,16-6-10-18(22)11-7-16)17-8-12-19(23)13-9-17/h6-13,15H,5,14H2,1-4H3/t15-/m0/s1. The highest BCUT2D eigenvalue weighted by atomic mass is 19.1. The molecule has 0 spiro atoms. The van der Waals surface area contributed by atoms with Crippen LogP contribution in [0.3, 0.4) is 0 Å². The van der Waals surface area contributed by atoms with Crippen molar-refractivity contribution in [3.05, 3.63) is 71.3 Å². The fourth-order valence-corrected chi connectivity index (χ4v) is 3.23. The molecule has 2 aromatic carbocycles. The van der Waals surface area contributed by atoms with Gasteiger partial charge in [-0.05, 0) is 62.8 Å². The van der Waals surface area contributed by atoms with Crippen molar-refractivity contribution in [1.29, 1.82) is 0 Å². The smallest absolute Gasteiger partial charge is 0.147 e. The average molecular weight is 345 g/mol. The maximum Gasteiger partial charge on any atom is 0.147 e. The molecular weight excluding hydrogens is 320 g/mol. The van der Waals surface area contributed by atoms with Gasteiger partial charge in [-0.15, -0.1) is 0 Å². The van der Waals surface area contributed by atoms with E-state index >= 15 is 0 Å². The van der Waals surface area contributed by atoms with E-state index in [0.29, 0.717) is 12.8 Å².